The number of ether oxygens (including phenoxy) is 1. The quantitative estimate of drug-likeness (QED) is 0.903. The van der Waals surface area contributed by atoms with Gasteiger partial charge < -0.3 is 15.0 Å². The SMILES string of the molecule is CC1CC(C(=O)N(C)CCOc2ccc(F)cc2)CCN1. The number of benzene rings is 1. The molecule has 2 atom stereocenters. The third-order valence-electron chi connectivity index (χ3n) is 3.86. The highest BCUT2D eigenvalue weighted by Gasteiger charge is 2.26. The molecule has 1 aliphatic heterocycles. The average molecular weight is 294 g/mol. The van der Waals surface area contributed by atoms with Crippen LogP contribution in [0.15, 0.2) is 24.3 Å². The van der Waals surface area contributed by atoms with Crippen LogP contribution in [-0.2, 0) is 4.79 Å². The predicted molar refractivity (Wildman–Crippen MR) is 79.7 cm³/mol. The summed E-state index contributed by atoms with van der Waals surface area (Å²) in [5, 5.41) is 3.35. The fraction of sp³-hybridized carbons (Fsp3) is 0.562. The molecule has 0 spiro atoms. The van der Waals surface area contributed by atoms with Gasteiger partial charge in [-0.05, 0) is 50.6 Å². The van der Waals surface area contributed by atoms with Gasteiger partial charge in [-0.1, -0.05) is 0 Å². The zero-order valence-electron chi connectivity index (χ0n) is 12.6. The standard InChI is InChI=1S/C16H23FN2O2/c1-12-11-13(7-8-18-12)16(20)19(2)9-10-21-15-5-3-14(17)4-6-15/h3-6,12-13,18H,7-11H2,1-2H3. The first-order chi connectivity index (χ1) is 10.1. The molecule has 0 saturated carbocycles. The Bertz CT molecular complexity index is 464. The third kappa shape index (κ3) is 4.70. The van der Waals surface area contributed by atoms with Crippen molar-refractivity contribution in [3.05, 3.63) is 30.1 Å². The van der Waals surface area contributed by atoms with Gasteiger partial charge in [0.15, 0.2) is 0 Å². The van der Waals surface area contributed by atoms with Crippen molar-refractivity contribution in [1.82, 2.24) is 10.2 Å². The summed E-state index contributed by atoms with van der Waals surface area (Å²) >= 11 is 0. The number of carbonyl (C=O) groups excluding carboxylic acids is 1. The molecule has 4 nitrogen and oxygen atoms in total. The van der Waals surface area contributed by atoms with E-state index in [0.29, 0.717) is 24.9 Å². The number of piperidine rings is 1. The third-order valence-corrected chi connectivity index (χ3v) is 3.86. The van der Waals surface area contributed by atoms with Gasteiger partial charge in [0.1, 0.15) is 18.2 Å². The Morgan fingerprint density at radius 2 is 2.14 bits per heavy atom. The first-order valence-electron chi connectivity index (χ1n) is 7.43. The van der Waals surface area contributed by atoms with Crippen LogP contribution in [0.25, 0.3) is 0 Å². The summed E-state index contributed by atoms with van der Waals surface area (Å²) in [7, 11) is 1.81. The molecular weight excluding hydrogens is 271 g/mol. The summed E-state index contributed by atoms with van der Waals surface area (Å²) in [5.74, 6) is 0.630. The van der Waals surface area contributed by atoms with Crippen LogP contribution in [0.1, 0.15) is 19.8 Å². The van der Waals surface area contributed by atoms with Gasteiger partial charge in [0.25, 0.3) is 0 Å². The summed E-state index contributed by atoms with van der Waals surface area (Å²) in [6.07, 6.45) is 1.79. The molecule has 0 radical (unpaired) electrons. The molecular formula is C16H23FN2O2. The number of amides is 1. The van der Waals surface area contributed by atoms with Gasteiger partial charge in [0.05, 0.1) is 6.54 Å². The van der Waals surface area contributed by atoms with Gasteiger partial charge in [-0.25, -0.2) is 4.39 Å². The van der Waals surface area contributed by atoms with Crippen LogP contribution in [0.3, 0.4) is 0 Å². The first kappa shape index (κ1) is 15.8. The van der Waals surface area contributed by atoms with Gasteiger partial charge >= 0.3 is 0 Å². The molecule has 1 heterocycles. The largest absolute Gasteiger partial charge is 0.492 e. The van der Waals surface area contributed by atoms with Gasteiger partial charge in [0, 0.05) is 19.0 Å². The molecule has 1 fully saturated rings. The van der Waals surface area contributed by atoms with Crippen molar-refractivity contribution < 1.29 is 13.9 Å². The van der Waals surface area contributed by atoms with Crippen LogP contribution >= 0.6 is 0 Å². The molecule has 1 aromatic rings. The Morgan fingerprint density at radius 3 is 2.81 bits per heavy atom. The average Bonchev–Trinajstić information content (AvgIpc) is 2.48. The zero-order valence-corrected chi connectivity index (χ0v) is 12.6. The Morgan fingerprint density at radius 1 is 1.43 bits per heavy atom. The first-order valence-corrected chi connectivity index (χ1v) is 7.43. The number of hydrogen-bond donors (Lipinski definition) is 1. The van der Waals surface area contributed by atoms with Gasteiger partial charge in [-0.2, -0.15) is 0 Å². The van der Waals surface area contributed by atoms with E-state index in [1.807, 2.05) is 7.05 Å². The van der Waals surface area contributed by atoms with E-state index in [1.165, 1.54) is 12.1 Å². The minimum Gasteiger partial charge on any atom is -0.492 e. The lowest BCUT2D eigenvalue weighted by Gasteiger charge is -2.30. The second-order valence-electron chi connectivity index (χ2n) is 5.64. The molecule has 1 aromatic carbocycles. The molecule has 1 saturated heterocycles. The Hall–Kier alpha value is -1.62. The molecule has 1 aliphatic rings. The minimum absolute atomic E-state index is 0.108. The maximum Gasteiger partial charge on any atom is 0.225 e. The fourth-order valence-electron chi connectivity index (χ4n) is 2.61. The Kier molecular flexibility index (Phi) is 5.56. The number of hydrogen-bond acceptors (Lipinski definition) is 3. The molecule has 0 bridgehead atoms. The Balaban J connectivity index is 1.74. The normalized spacial score (nSPS) is 21.9. The van der Waals surface area contributed by atoms with Crippen molar-refractivity contribution in [1.29, 1.82) is 0 Å². The summed E-state index contributed by atoms with van der Waals surface area (Å²) in [5.41, 5.74) is 0. The van der Waals surface area contributed by atoms with Crippen LogP contribution in [-0.4, -0.2) is 43.6 Å². The minimum atomic E-state index is -0.283. The highest BCUT2D eigenvalue weighted by molar-refractivity contribution is 5.78. The highest BCUT2D eigenvalue weighted by atomic mass is 19.1. The van der Waals surface area contributed by atoms with Crippen LogP contribution in [0, 0.1) is 11.7 Å². The van der Waals surface area contributed by atoms with Gasteiger partial charge in [-0.3, -0.25) is 4.79 Å². The fourth-order valence-corrected chi connectivity index (χ4v) is 2.61. The van der Waals surface area contributed by atoms with Crippen LogP contribution in [0.2, 0.25) is 0 Å². The predicted octanol–water partition coefficient (Wildman–Crippen LogP) is 2.05. The lowest BCUT2D eigenvalue weighted by molar-refractivity contribution is -0.135. The number of halogens is 1. The van der Waals surface area contributed by atoms with E-state index in [9.17, 15) is 9.18 Å². The lowest BCUT2D eigenvalue weighted by Crippen LogP contribution is -2.43. The van der Waals surface area contributed by atoms with Gasteiger partial charge in [-0.15, -0.1) is 0 Å². The highest BCUT2D eigenvalue weighted by Crippen LogP contribution is 2.18. The molecule has 0 aromatic heterocycles. The maximum absolute atomic E-state index is 12.8. The zero-order chi connectivity index (χ0) is 15.2. The molecule has 1 N–H and O–H groups in total. The van der Waals surface area contributed by atoms with Gasteiger partial charge in [0.2, 0.25) is 5.91 Å². The van der Waals surface area contributed by atoms with Crippen molar-refractivity contribution in [3.63, 3.8) is 0 Å². The number of rotatable bonds is 5. The number of likely N-dealkylation sites (N-methyl/N-ethyl adjacent to an activating group) is 1. The van der Waals surface area contributed by atoms with E-state index in [4.69, 9.17) is 4.74 Å². The number of nitrogens with zero attached hydrogens (tertiary/aromatic N) is 1. The molecule has 116 valence electrons. The topological polar surface area (TPSA) is 41.6 Å². The molecule has 0 aliphatic carbocycles. The lowest BCUT2D eigenvalue weighted by atomic mass is 9.92. The Labute approximate surface area is 125 Å². The van der Waals surface area contributed by atoms with Crippen molar-refractivity contribution in [2.75, 3.05) is 26.7 Å². The molecule has 2 unspecified atom stereocenters. The molecule has 21 heavy (non-hydrogen) atoms. The summed E-state index contributed by atoms with van der Waals surface area (Å²) in [6, 6.07) is 6.30. The molecule has 5 heteroatoms. The van der Waals surface area contributed by atoms with E-state index in [0.717, 1.165) is 19.4 Å². The second kappa shape index (κ2) is 7.41. The maximum atomic E-state index is 12.8. The summed E-state index contributed by atoms with van der Waals surface area (Å²) in [6.45, 7) is 3.96. The van der Waals surface area contributed by atoms with E-state index in [-0.39, 0.29) is 17.6 Å². The second-order valence-corrected chi connectivity index (χ2v) is 5.64. The van der Waals surface area contributed by atoms with Crippen molar-refractivity contribution in [2.24, 2.45) is 5.92 Å². The summed E-state index contributed by atoms with van der Waals surface area (Å²) < 4.78 is 18.3. The van der Waals surface area contributed by atoms with Crippen molar-refractivity contribution in [3.8, 4) is 5.75 Å². The molecule has 1 amide bonds. The van der Waals surface area contributed by atoms with Crippen LogP contribution in [0.4, 0.5) is 4.39 Å². The number of carbonyl (C=O) groups is 1. The van der Waals surface area contributed by atoms with E-state index in [1.54, 1.807) is 17.0 Å². The smallest absolute Gasteiger partial charge is 0.225 e. The van der Waals surface area contributed by atoms with Crippen LogP contribution < -0.4 is 10.1 Å². The molecule has 2 rings (SSSR count). The van der Waals surface area contributed by atoms with E-state index < -0.39 is 0 Å². The van der Waals surface area contributed by atoms with E-state index >= 15 is 0 Å². The van der Waals surface area contributed by atoms with Crippen molar-refractivity contribution in [2.45, 2.75) is 25.8 Å². The number of nitrogens with one attached hydrogen (secondary N) is 1. The van der Waals surface area contributed by atoms with E-state index in [2.05, 4.69) is 12.2 Å². The van der Waals surface area contributed by atoms with Crippen LogP contribution in [0.5, 0.6) is 5.75 Å². The summed E-state index contributed by atoms with van der Waals surface area (Å²) in [4.78, 5) is 14.1. The monoisotopic (exact) mass is 294 g/mol. The van der Waals surface area contributed by atoms with Crippen molar-refractivity contribution >= 4 is 5.91 Å².